The highest BCUT2D eigenvalue weighted by Gasteiger charge is 2.21. The van der Waals surface area contributed by atoms with E-state index in [0.29, 0.717) is 18.0 Å². The number of ether oxygens (including phenoxy) is 2. The van der Waals surface area contributed by atoms with Gasteiger partial charge < -0.3 is 14.8 Å². The summed E-state index contributed by atoms with van der Waals surface area (Å²) in [6.45, 7) is 2.42. The second-order valence-corrected chi connectivity index (χ2v) is 7.63. The molecule has 2 rings (SSSR count). The third-order valence-corrected chi connectivity index (χ3v) is 5.28. The zero-order valence-corrected chi connectivity index (χ0v) is 18.3. The van der Waals surface area contributed by atoms with Gasteiger partial charge in [-0.05, 0) is 54.2 Å². The highest BCUT2D eigenvalue weighted by Crippen LogP contribution is 2.32. The van der Waals surface area contributed by atoms with Crippen molar-refractivity contribution in [2.75, 3.05) is 26.6 Å². The molecule has 0 spiro atoms. The molecule has 1 unspecified atom stereocenters. The van der Waals surface area contributed by atoms with Crippen molar-refractivity contribution in [3.63, 3.8) is 0 Å². The van der Waals surface area contributed by atoms with Gasteiger partial charge in [0.25, 0.3) is 0 Å². The third kappa shape index (κ3) is 4.99. The molecule has 0 aliphatic rings. The number of para-hydroxylation sites is 1. The highest BCUT2D eigenvalue weighted by atomic mass is 79.9. The molecular weight excluding hydrogens is 464 g/mol. The lowest BCUT2D eigenvalue weighted by Gasteiger charge is -2.25. The minimum atomic E-state index is -0.332. The largest absolute Gasteiger partial charge is 0.493 e. The van der Waals surface area contributed by atoms with Gasteiger partial charge in [0.2, 0.25) is 5.91 Å². The number of halogens is 2. The molecular formula is C19H22Br2N2O3. The van der Waals surface area contributed by atoms with Crippen LogP contribution in [0, 0.1) is 0 Å². The maximum Gasteiger partial charge on any atom is 0.241 e. The minimum Gasteiger partial charge on any atom is -0.493 e. The number of amides is 1. The second kappa shape index (κ2) is 9.39. The van der Waals surface area contributed by atoms with Crippen molar-refractivity contribution in [1.29, 1.82) is 0 Å². The number of methoxy groups -OCH3 is 2. The topological polar surface area (TPSA) is 50.8 Å². The smallest absolute Gasteiger partial charge is 0.241 e. The number of hydrogen-bond donors (Lipinski definition) is 1. The lowest BCUT2D eigenvalue weighted by Crippen LogP contribution is -2.39. The summed E-state index contributed by atoms with van der Waals surface area (Å²) >= 11 is 6.87. The van der Waals surface area contributed by atoms with Crippen LogP contribution in [0.2, 0.25) is 0 Å². The van der Waals surface area contributed by atoms with E-state index >= 15 is 0 Å². The van der Waals surface area contributed by atoms with Crippen LogP contribution in [0.25, 0.3) is 0 Å². The number of nitrogens with zero attached hydrogens (tertiary/aromatic N) is 1. The van der Waals surface area contributed by atoms with Gasteiger partial charge in [-0.15, -0.1) is 0 Å². The molecule has 0 saturated heterocycles. The van der Waals surface area contributed by atoms with E-state index in [1.807, 2.05) is 55.3 Å². The average Bonchev–Trinajstić information content (AvgIpc) is 2.62. The Bertz CT molecular complexity index is 783. The van der Waals surface area contributed by atoms with E-state index in [0.717, 1.165) is 20.2 Å². The van der Waals surface area contributed by atoms with Gasteiger partial charge in [-0.1, -0.05) is 28.1 Å². The van der Waals surface area contributed by atoms with Crippen molar-refractivity contribution in [2.45, 2.75) is 19.5 Å². The number of rotatable bonds is 7. The summed E-state index contributed by atoms with van der Waals surface area (Å²) in [4.78, 5) is 14.6. The van der Waals surface area contributed by atoms with Crippen LogP contribution in [-0.4, -0.2) is 38.1 Å². The Hall–Kier alpha value is -1.57. The zero-order chi connectivity index (χ0) is 19.3. The summed E-state index contributed by atoms with van der Waals surface area (Å²) in [6.07, 6.45) is 0. The lowest BCUT2D eigenvalue weighted by atomic mass is 10.1. The Morgan fingerprint density at radius 3 is 2.54 bits per heavy atom. The summed E-state index contributed by atoms with van der Waals surface area (Å²) in [7, 11) is 5.12. The van der Waals surface area contributed by atoms with Crippen molar-refractivity contribution in [3.8, 4) is 11.5 Å². The van der Waals surface area contributed by atoms with E-state index in [1.54, 1.807) is 14.2 Å². The Morgan fingerprint density at radius 1 is 1.19 bits per heavy atom. The van der Waals surface area contributed by atoms with Crippen LogP contribution < -0.4 is 14.8 Å². The number of hydrogen-bond acceptors (Lipinski definition) is 4. The standard InChI is InChI=1S/C19H22Br2N2O3/c1-12(19(24)22-16-9-8-14(20)10-15(16)21)23(2)11-13-6-5-7-17(25-3)18(13)26-4/h5-10,12H,11H2,1-4H3,(H,22,24). The summed E-state index contributed by atoms with van der Waals surface area (Å²) in [5.41, 5.74) is 1.69. The summed E-state index contributed by atoms with van der Waals surface area (Å²) < 4.78 is 12.6. The zero-order valence-electron chi connectivity index (χ0n) is 15.2. The number of carbonyl (C=O) groups is 1. The molecule has 0 bridgehead atoms. The predicted molar refractivity (Wildman–Crippen MR) is 111 cm³/mol. The molecule has 1 N–H and O–H groups in total. The molecule has 140 valence electrons. The molecule has 2 aromatic carbocycles. The Balaban J connectivity index is 2.09. The maximum absolute atomic E-state index is 12.6. The molecule has 0 aliphatic heterocycles. The van der Waals surface area contributed by atoms with Gasteiger partial charge in [-0.2, -0.15) is 0 Å². The van der Waals surface area contributed by atoms with Crippen molar-refractivity contribution in [2.24, 2.45) is 0 Å². The van der Waals surface area contributed by atoms with E-state index < -0.39 is 0 Å². The molecule has 1 atom stereocenters. The number of carbonyl (C=O) groups excluding carboxylic acids is 1. The minimum absolute atomic E-state index is 0.0858. The number of anilines is 1. The van der Waals surface area contributed by atoms with Crippen molar-refractivity contribution >= 4 is 43.5 Å². The fourth-order valence-corrected chi connectivity index (χ4v) is 3.66. The van der Waals surface area contributed by atoms with Crippen LogP contribution in [0.3, 0.4) is 0 Å². The first-order chi connectivity index (χ1) is 12.4. The fourth-order valence-electron chi connectivity index (χ4n) is 2.51. The number of likely N-dealkylation sites (N-methyl/N-ethyl adjacent to an activating group) is 1. The van der Waals surface area contributed by atoms with Crippen LogP contribution in [0.15, 0.2) is 45.3 Å². The molecule has 0 fully saturated rings. The lowest BCUT2D eigenvalue weighted by molar-refractivity contribution is -0.120. The molecule has 0 saturated carbocycles. The first-order valence-electron chi connectivity index (χ1n) is 8.03. The molecule has 0 radical (unpaired) electrons. The normalized spacial score (nSPS) is 12.0. The molecule has 26 heavy (non-hydrogen) atoms. The van der Waals surface area contributed by atoms with Crippen LogP contribution in [0.4, 0.5) is 5.69 Å². The molecule has 2 aromatic rings. The van der Waals surface area contributed by atoms with E-state index in [2.05, 4.69) is 37.2 Å². The van der Waals surface area contributed by atoms with Crippen LogP contribution in [0.1, 0.15) is 12.5 Å². The van der Waals surface area contributed by atoms with Gasteiger partial charge in [0, 0.05) is 21.1 Å². The third-order valence-electron chi connectivity index (χ3n) is 4.13. The molecule has 0 aliphatic carbocycles. The molecule has 1 amide bonds. The first-order valence-corrected chi connectivity index (χ1v) is 9.62. The summed E-state index contributed by atoms with van der Waals surface area (Å²) in [5, 5.41) is 2.95. The van der Waals surface area contributed by atoms with Crippen LogP contribution >= 0.6 is 31.9 Å². The van der Waals surface area contributed by atoms with Gasteiger partial charge in [-0.3, -0.25) is 9.69 Å². The summed E-state index contributed by atoms with van der Waals surface area (Å²) in [5.74, 6) is 1.27. The van der Waals surface area contributed by atoms with Gasteiger partial charge in [0.1, 0.15) is 0 Å². The second-order valence-electron chi connectivity index (χ2n) is 5.86. The SMILES string of the molecule is COc1cccc(CN(C)C(C)C(=O)Nc2ccc(Br)cc2Br)c1OC. The molecule has 0 aromatic heterocycles. The van der Waals surface area contributed by atoms with Gasteiger partial charge >= 0.3 is 0 Å². The van der Waals surface area contributed by atoms with E-state index in [1.165, 1.54) is 0 Å². The van der Waals surface area contributed by atoms with E-state index in [4.69, 9.17) is 9.47 Å². The van der Waals surface area contributed by atoms with E-state index in [-0.39, 0.29) is 11.9 Å². The van der Waals surface area contributed by atoms with Gasteiger partial charge in [-0.25, -0.2) is 0 Å². The summed E-state index contributed by atoms with van der Waals surface area (Å²) in [6, 6.07) is 11.0. The van der Waals surface area contributed by atoms with Crippen LogP contribution in [0.5, 0.6) is 11.5 Å². The molecule has 0 heterocycles. The quantitative estimate of drug-likeness (QED) is 0.618. The van der Waals surface area contributed by atoms with Gasteiger partial charge in [0.05, 0.1) is 25.9 Å². The first kappa shape index (κ1) is 20.7. The molecule has 7 heteroatoms. The maximum atomic E-state index is 12.6. The predicted octanol–water partition coefficient (Wildman–Crippen LogP) is 4.69. The number of benzene rings is 2. The molecule has 5 nitrogen and oxygen atoms in total. The number of nitrogens with one attached hydrogen (secondary N) is 1. The van der Waals surface area contributed by atoms with Crippen molar-refractivity contribution < 1.29 is 14.3 Å². The van der Waals surface area contributed by atoms with Crippen molar-refractivity contribution in [1.82, 2.24) is 4.90 Å². The highest BCUT2D eigenvalue weighted by molar-refractivity contribution is 9.11. The van der Waals surface area contributed by atoms with Crippen molar-refractivity contribution in [3.05, 3.63) is 50.9 Å². The fraction of sp³-hybridized carbons (Fsp3) is 0.316. The van der Waals surface area contributed by atoms with Gasteiger partial charge in [0.15, 0.2) is 11.5 Å². The van der Waals surface area contributed by atoms with E-state index in [9.17, 15) is 4.79 Å². The monoisotopic (exact) mass is 484 g/mol. The van der Waals surface area contributed by atoms with Crippen LogP contribution in [-0.2, 0) is 11.3 Å². The Kier molecular flexibility index (Phi) is 7.49. The Morgan fingerprint density at radius 2 is 1.92 bits per heavy atom. The Labute approximate surface area is 170 Å². The average molecular weight is 486 g/mol.